The number of hydrogen-bond donors (Lipinski definition) is 1. The van der Waals surface area contributed by atoms with Crippen molar-refractivity contribution in [3.8, 4) is 0 Å². The zero-order chi connectivity index (χ0) is 13.0. The molecule has 1 atom stereocenters. The summed E-state index contributed by atoms with van der Waals surface area (Å²) in [6, 6.07) is 2.18. The van der Waals surface area contributed by atoms with Crippen molar-refractivity contribution in [3.63, 3.8) is 0 Å². The van der Waals surface area contributed by atoms with Crippen molar-refractivity contribution in [2.45, 2.75) is 32.7 Å². The van der Waals surface area contributed by atoms with Crippen LogP contribution in [0, 0.1) is 17.6 Å². The van der Waals surface area contributed by atoms with Crippen molar-refractivity contribution in [1.82, 2.24) is 5.32 Å². The minimum absolute atomic E-state index is 0.0485. The molecule has 0 saturated heterocycles. The number of hydrogen-bond acceptors (Lipinski definition) is 1. The first kappa shape index (κ1) is 14.4. The van der Waals surface area contributed by atoms with Crippen LogP contribution in [0.4, 0.5) is 8.78 Å². The molecule has 0 fully saturated rings. The first-order valence-electron chi connectivity index (χ1n) is 5.86. The van der Waals surface area contributed by atoms with Crippen LogP contribution in [0.1, 0.15) is 38.3 Å². The molecule has 0 bridgehead atoms. The van der Waals surface area contributed by atoms with Crippen LogP contribution in [0.5, 0.6) is 0 Å². The molecular weight excluding hydrogens is 244 g/mol. The van der Waals surface area contributed by atoms with Crippen molar-refractivity contribution < 1.29 is 8.78 Å². The molecule has 0 aliphatic carbocycles. The second-order valence-corrected chi connectivity index (χ2v) is 4.54. The minimum atomic E-state index is -0.904. The summed E-state index contributed by atoms with van der Waals surface area (Å²) in [7, 11) is 1.81. The van der Waals surface area contributed by atoms with Crippen LogP contribution in [0.15, 0.2) is 12.1 Å². The Hall–Kier alpha value is -0.670. The quantitative estimate of drug-likeness (QED) is 0.779. The Morgan fingerprint density at radius 2 is 1.71 bits per heavy atom. The van der Waals surface area contributed by atoms with E-state index in [-0.39, 0.29) is 11.1 Å². The van der Waals surface area contributed by atoms with E-state index in [4.69, 9.17) is 11.6 Å². The molecule has 1 aromatic rings. The molecule has 0 aliphatic rings. The van der Waals surface area contributed by atoms with Crippen molar-refractivity contribution in [1.29, 1.82) is 0 Å². The summed E-state index contributed by atoms with van der Waals surface area (Å²) >= 11 is 5.99. The number of benzene rings is 1. The van der Waals surface area contributed by atoms with E-state index < -0.39 is 11.6 Å². The molecule has 0 amide bonds. The van der Waals surface area contributed by atoms with Crippen LogP contribution in [0.3, 0.4) is 0 Å². The molecule has 0 spiro atoms. The summed E-state index contributed by atoms with van der Waals surface area (Å²) in [5, 5.41) is 3.41. The fraction of sp³-hybridized carbons (Fsp3) is 0.538. The van der Waals surface area contributed by atoms with E-state index in [2.05, 4.69) is 19.2 Å². The Bertz CT molecular complexity index is 378. The lowest BCUT2D eigenvalue weighted by molar-refractivity contribution is 0.357. The lowest BCUT2D eigenvalue weighted by atomic mass is 9.89. The Balaban J connectivity index is 3.15. The number of nitrogens with one attached hydrogen (secondary N) is 1. The van der Waals surface area contributed by atoms with E-state index in [9.17, 15) is 8.78 Å². The predicted molar refractivity (Wildman–Crippen MR) is 67.2 cm³/mol. The normalized spacial score (nSPS) is 13.1. The highest BCUT2D eigenvalue weighted by Crippen LogP contribution is 2.32. The zero-order valence-corrected chi connectivity index (χ0v) is 11.1. The largest absolute Gasteiger partial charge is 0.313 e. The van der Waals surface area contributed by atoms with Gasteiger partial charge in [0.2, 0.25) is 0 Å². The van der Waals surface area contributed by atoms with E-state index in [1.807, 2.05) is 0 Å². The van der Waals surface area contributed by atoms with E-state index in [0.29, 0.717) is 11.5 Å². The van der Waals surface area contributed by atoms with Crippen LogP contribution in [-0.2, 0) is 0 Å². The number of halogens is 3. The minimum Gasteiger partial charge on any atom is -0.313 e. The van der Waals surface area contributed by atoms with Gasteiger partial charge in [-0.25, -0.2) is 8.78 Å². The summed E-state index contributed by atoms with van der Waals surface area (Å²) < 4.78 is 26.3. The van der Waals surface area contributed by atoms with E-state index in [1.165, 1.54) is 6.07 Å². The second kappa shape index (κ2) is 6.31. The molecule has 96 valence electrons. The van der Waals surface area contributed by atoms with Gasteiger partial charge in [-0.1, -0.05) is 38.3 Å². The Morgan fingerprint density at radius 3 is 2.18 bits per heavy atom. The maximum absolute atomic E-state index is 13.3. The fourth-order valence-corrected chi connectivity index (χ4v) is 2.45. The van der Waals surface area contributed by atoms with Gasteiger partial charge in [0, 0.05) is 11.1 Å². The maximum atomic E-state index is 13.3. The van der Waals surface area contributed by atoms with E-state index in [0.717, 1.165) is 18.9 Å². The third kappa shape index (κ3) is 3.17. The van der Waals surface area contributed by atoms with Gasteiger partial charge in [-0.05, 0) is 30.7 Å². The molecule has 0 heterocycles. The SMILES string of the molecule is CCC(CC)C(NC)c1cc(F)c(F)cc1Cl. The standard InChI is InChI=1S/C13H18ClF2N/c1-4-8(5-2)13(17-3)9-6-11(15)12(16)7-10(9)14/h6-8,13,17H,4-5H2,1-3H3. The van der Waals surface area contributed by atoms with Crippen LogP contribution in [-0.4, -0.2) is 7.05 Å². The van der Waals surface area contributed by atoms with E-state index in [1.54, 1.807) is 7.05 Å². The van der Waals surface area contributed by atoms with Crippen LogP contribution < -0.4 is 5.32 Å². The van der Waals surface area contributed by atoms with Crippen molar-refractivity contribution >= 4 is 11.6 Å². The molecule has 1 N–H and O–H groups in total. The average molecular weight is 262 g/mol. The third-order valence-corrected chi connectivity index (χ3v) is 3.53. The van der Waals surface area contributed by atoms with Gasteiger partial charge < -0.3 is 5.32 Å². The van der Waals surface area contributed by atoms with Gasteiger partial charge in [0.1, 0.15) is 0 Å². The lowest BCUT2D eigenvalue weighted by Gasteiger charge is -2.26. The molecule has 1 nitrogen and oxygen atoms in total. The molecule has 0 aromatic heterocycles. The molecule has 0 radical (unpaired) electrons. The topological polar surface area (TPSA) is 12.0 Å². The molecule has 4 heteroatoms. The van der Waals surface area contributed by atoms with Gasteiger partial charge in [-0.15, -0.1) is 0 Å². The monoisotopic (exact) mass is 261 g/mol. The van der Waals surface area contributed by atoms with Crippen molar-refractivity contribution in [2.24, 2.45) is 5.92 Å². The molecule has 1 unspecified atom stereocenters. The highest BCUT2D eigenvalue weighted by molar-refractivity contribution is 6.31. The van der Waals surface area contributed by atoms with Gasteiger partial charge >= 0.3 is 0 Å². The maximum Gasteiger partial charge on any atom is 0.160 e. The summed E-state index contributed by atoms with van der Waals surface area (Å²) in [5.41, 5.74) is 0.627. The highest BCUT2D eigenvalue weighted by Gasteiger charge is 2.22. The summed E-state index contributed by atoms with van der Waals surface area (Å²) in [6.07, 6.45) is 1.91. The predicted octanol–water partition coefficient (Wildman–Crippen LogP) is 4.31. The van der Waals surface area contributed by atoms with Gasteiger partial charge in [-0.2, -0.15) is 0 Å². The molecule has 1 aromatic carbocycles. The molecule has 1 rings (SSSR count). The van der Waals surface area contributed by atoms with Crippen LogP contribution in [0.25, 0.3) is 0 Å². The third-order valence-electron chi connectivity index (χ3n) is 3.21. The van der Waals surface area contributed by atoms with Crippen LogP contribution in [0.2, 0.25) is 5.02 Å². The van der Waals surface area contributed by atoms with Crippen molar-refractivity contribution in [3.05, 3.63) is 34.4 Å². The molecule has 17 heavy (non-hydrogen) atoms. The van der Waals surface area contributed by atoms with E-state index >= 15 is 0 Å². The van der Waals surface area contributed by atoms with Gasteiger partial charge in [0.05, 0.1) is 0 Å². The Kier molecular flexibility index (Phi) is 5.34. The van der Waals surface area contributed by atoms with Crippen molar-refractivity contribution in [2.75, 3.05) is 7.05 Å². The Labute approximate surface area is 106 Å². The number of rotatable bonds is 5. The summed E-state index contributed by atoms with van der Waals surface area (Å²) in [5.74, 6) is -1.41. The lowest BCUT2D eigenvalue weighted by Crippen LogP contribution is -2.25. The van der Waals surface area contributed by atoms with Gasteiger partial charge in [0.15, 0.2) is 11.6 Å². The second-order valence-electron chi connectivity index (χ2n) is 4.13. The summed E-state index contributed by atoms with van der Waals surface area (Å²) in [6.45, 7) is 4.15. The fourth-order valence-electron chi connectivity index (χ4n) is 2.18. The first-order chi connectivity index (χ1) is 8.04. The van der Waals surface area contributed by atoms with Gasteiger partial charge in [0.25, 0.3) is 0 Å². The molecule has 0 saturated carbocycles. The molecule has 0 aliphatic heterocycles. The summed E-state index contributed by atoms with van der Waals surface area (Å²) in [4.78, 5) is 0. The zero-order valence-electron chi connectivity index (χ0n) is 10.4. The van der Waals surface area contributed by atoms with Crippen LogP contribution >= 0.6 is 11.6 Å². The first-order valence-corrected chi connectivity index (χ1v) is 6.24. The smallest absolute Gasteiger partial charge is 0.160 e. The highest BCUT2D eigenvalue weighted by atomic mass is 35.5. The van der Waals surface area contributed by atoms with Gasteiger partial charge in [-0.3, -0.25) is 0 Å². The molecular formula is C13H18ClF2N. The Morgan fingerprint density at radius 1 is 1.18 bits per heavy atom. The average Bonchev–Trinajstić information content (AvgIpc) is 2.31.